The summed E-state index contributed by atoms with van der Waals surface area (Å²) in [6.45, 7) is 2.86. The maximum Gasteiger partial charge on any atom is 0.243 e. The van der Waals surface area contributed by atoms with Gasteiger partial charge >= 0.3 is 0 Å². The summed E-state index contributed by atoms with van der Waals surface area (Å²) in [6, 6.07) is 12.5. The Morgan fingerprint density at radius 2 is 1.86 bits per heavy atom. The second-order valence-electron chi connectivity index (χ2n) is 9.74. The third-order valence-electron chi connectivity index (χ3n) is 7.32. The van der Waals surface area contributed by atoms with Crippen molar-refractivity contribution in [1.29, 1.82) is 5.26 Å². The Balaban J connectivity index is 1.44. The number of aromatic nitrogens is 2. The summed E-state index contributed by atoms with van der Waals surface area (Å²) in [6.07, 6.45) is 5.44. The summed E-state index contributed by atoms with van der Waals surface area (Å²) in [5, 5.41) is 17.9. The highest BCUT2D eigenvalue weighted by molar-refractivity contribution is 7.19. The zero-order valence-electron chi connectivity index (χ0n) is 20.1. The standard InChI is InChI=1S/C27H25ClN6O2S/c28-18-9-17-2-8-33(16-27(15-29)3-6-30-7-4-27)25(17)21(10-18)20-1-5-32-22-11-19(37-26(20)22)14-34-23(35)12-31-13-24(34)36/h1-2,5,8-11,30-31H,3-4,6-7,12-14,16H2. The minimum absolute atomic E-state index is 0.165. The molecule has 2 saturated heterocycles. The molecule has 0 spiro atoms. The molecule has 0 aliphatic carbocycles. The SMILES string of the molecule is N#CC1(Cn2ccc3cc(Cl)cc(-c4ccnc5cc(CN6C(=O)CNCC6=O)sc45)c32)CCNCC1. The monoisotopic (exact) mass is 532 g/mol. The summed E-state index contributed by atoms with van der Waals surface area (Å²) in [7, 11) is 0. The molecule has 4 aromatic rings. The van der Waals surface area contributed by atoms with E-state index in [-0.39, 0.29) is 31.4 Å². The number of halogens is 1. The van der Waals surface area contributed by atoms with E-state index in [9.17, 15) is 14.9 Å². The number of thiophene rings is 1. The summed E-state index contributed by atoms with van der Waals surface area (Å²) in [5.74, 6) is -0.443. The van der Waals surface area contributed by atoms with Gasteiger partial charge in [0.2, 0.25) is 11.8 Å². The molecule has 5 heterocycles. The number of amides is 2. The van der Waals surface area contributed by atoms with Crippen LogP contribution in [-0.4, -0.2) is 52.4 Å². The first kappa shape index (κ1) is 24.1. The van der Waals surface area contributed by atoms with Crippen LogP contribution in [-0.2, 0) is 22.7 Å². The lowest BCUT2D eigenvalue weighted by molar-refractivity contribution is -0.147. The van der Waals surface area contributed by atoms with Gasteiger partial charge in [-0.15, -0.1) is 11.3 Å². The Bertz CT molecular complexity index is 1560. The summed E-state index contributed by atoms with van der Waals surface area (Å²) < 4.78 is 3.16. The summed E-state index contributed by atoms with van der Waals surface area (Å²) in [5.41, 5.74) is 3.39. The fourth-order valence-corrected chi connectivity index (χ4v) is 6.76. The number of piperazine rings is 1. The average Bonchev–Trinajstić information content (AvgIpc) is 3.50. The van der Waals surface area contributed by atoms with Crippen LogP contribution in [0.4, 0.5) is 0 Å². The first-order chi connectivity index (χ1) is 18.0. The van der Waals surface area contributed by atoms with E-state index >= 15 is 0 Å². The molecule has 2 amide bonds. The van der Waals surface area contributed by atoms with Gasteiger partial charge in [-0.3, -0.25) is 24.8 Å². The number of piperidine rings is 1. The van der Waals surface area contributed by atoms with Gasteiger partial charge in [-0.25, -0.2) is 0 Å². The van der Waals surface area contributed by atoms with Crippen molar-refractivity contribution in [3.05, 3.63) is 52.6 Å². The normalized spacial score (nSPS) is 18.0. The highest BCUT2D eigenvalue weighted by atomic mass is 35.5. The van der Waals surface area contributed by atoms with Crippen molar-refractivity contribution in [3.63, 3.8) is 0 Å². The molecule has 37 heavy (non-hydrogen) atoms. The van der Waals surface area contributed by atoms with Gasteiger partial charge in [-0.05, 0) is 56.3 Å². The van der Waals surface area contributed by atoms with Crippen molar-refractivity contribution in [2.45, 2.75) is 25.9 Å². The number of nitrogens with one attached hydrogen (secondary N) is 2. The molecule has 188 valence electrons. The molecule has 2 N–H and O–H groups in total. The molecule has 1 aromatic carbocycles. The molecule has 0 bridgehead atoms. The lowest BCUT2D eigenvalue weighted by Gasteiger charge is -2.32. The average molecular weight is 533 g/mol. The van der Waals surface area contributed by atoms with Gasteiger partial charge in [0.15, 0.2) is 0 Å². The van der Waals surface area contributed by atoms with Crippen LogP contribution >= 0.6 is 22.9 Å². The summed E-state index contributed by atoms with van der Waals surface area (Å²) >= 11 is 8.11. The van der Waals surface area contributed by atoms with E-state index < -0.39 is 5.41 Å². The largest absolute Gasteiger partial charge is 0.345 e. The van der Waals surface area contributed by atoms with Crippen LogP contribution in [0.2, 0.25) is 5.02 Å². The van der Waals surface area contributed by atoms with E-state index in [0.717, 1.165) is 63.1 Å². The fraction of sp³-hybridized carbons (Fsp3) is 0.333. The molecule has 2 aliphatic rings. The van der Waals surface area contributed by atoms with Crippen LogP contribution < -0.4 is 10.6 Å². The number of carbonyl (C=O) groups is 2. The lowest BCUT2D eigenvalue weighted by Crippen LogP contribution is -2.51. The maximum absolute atomic E-state index is 12.3. The van der Waals surface area contributed by atoms with Crippen molar-refractivity contribution in [1.82, 2.24) is 25.1 Å². The quantitative estimate of drug-likeness (QED) is 0.378. The van der Waals surface area contributed by atoms with E-state index in [1.54, 1.807) is 6.20 Å². The molecule has 10 heteroatoms. The Morgan fingerprint density at radius 3 is 2.62 bits per heavy atom. The summed E-state index contributed by atoms with van der Waals surface area (Å²) in [4.78, 5) is 31.4. The third-order valence-corrected chi connectivity index (χ3v) is 8.68. The van der Waals surface area contributed by atoms with Gasteiger partial charge < -0.3 is 9.88 Å². The predicted molar refractivity (Wildman–Crippen MR) is 144 cm³/mol. The van der Waals surface area contributed by atoms with Crippen molar-refractivity contribution < 1.29 is 9.59 Å². The lowest BCUT2D eigenvalue weighted by atomic mass is 9.80. The zero-order valence-corrected chi connectivity index (χ0v) is 21.7. The molecule has 0 unspecified atom stereocenters. The van der Waals surface area contributed by atoms with Crippen molar-refractivity contribution in [3.8, 4) is 17.2 Å². The number of carbonyl (C=O) groups excluding carboxylic acids is 2. The van der Waals surface area contributed by atoms with Crippen molar-refractivity contribution in [2.24, 2.45) is 5.41 Å². The molecule has 6 rings (SSSR count). The van der Waals surface area contributed by atoms with Crippen LogP contribution in [0.15, 0.2) is 42.7 Å². The second kappa shape index (κ2) is 9.54. The van der Waals surface area contributed by atoms with Crippen molar-refractivity contribution in [2.75, 3.05) is 26.2 Å². The van der Waals surface area contributed by atoms with Crippen LogP contribution in [0.3, 0.4) is 0 Å². The van der Waals surface area contributed by atoms with Crippen LogP contribution in [0, 0.1) is 16.7 Å². The van der Waals surface area contributed by atoms with Crippen LogP contribution in [0.25, 0.3) is 32.2 Å². The number of pyridine rings is 1. The molecule has 2 aliphatic heterocycles. The number of hydrogen-bond donors (Lipinski definition) is 2. The number of hydrogen-bond acceptors (Lipinski definition) is 7. The number of nitriles is 1. The van der Waals surface area contributed by atoms with E-state index in [2.05, 4.69) is 32.3 Å². The van der Waals surface area contributed by atoms with Gasteiger partial charge in [0.1, 0.15) is 0 Å². The Morgan fingerprint density at radius 1 is 1.08 bits per heavy atom. The minimum atomic E-state index is -0.417. The molecule has 0 radical (unpaired) electrons. The Hall–Kier alpha value is -3.29. The van der Waals surface area contributed by atoms with Crippen LogP contribution in [0.1, 0.15) is 17.7 Å². The first-order valence-corrected chi connectivity index (χ1v) is 13.5. The van der Waals surface area contributed by atoms with E-state index in [1.807, 2.05) is 30.5 Å². The van der Waals surface area contributed by atoms with Gasteiger partial charge in [-0.2, -0.15) is 5.26 Å². The van der Waals surface area contributed by atoms with Gasteiger partial charge in [0.25, 0.3) is 0 Å². The van der Waals surface area contributed by atoms with Gasteiger partial charge in [-0.1, -0.05) is 11.6 Å². The van der Waals surface area contributed by atoms with Gasteiger partial charge in [0, 0.05) is 45.4 Å². The predicted octanol–water partition coefficient (Wildman–Crippen LogP) is 3.92. The van der Waals surface area contributed by atoms with Gasteiger partial charge in [0.05, 0.1) is 46.9 Å². The zero-order chi connectivity index (χ0) is 25.6. The molecular weight excluding hydrogens is 508 g/mol. The number of benzene rings is 1. The molecule has 3 aromatic heterocycles. The van der Waals surface area contributed by atoms with E-state index in [4.69, 9.17) is 11.6 Å². The van der Waals surface area contributed by atoms with Crippen LogP contribution in [0.5, 0.6) is 0 Å². The highest BCUT2D eigenvalue weighted by Crippen LogP contribution is 2.41. The minimum Gasteiger partial charge on any atom is -0.345 e. The Labute approximate surface area is 222 Å². The number of rotatable bonds is 5. The molecule has 8 nitrogen and oxygen atoms in total. The van der Waals surface area contributed by atoms with E-state index in [0.29, 0.717) is 11.6 Å². The number of nitrogens with zero attached hydrogens (tertiary/aromatic N) is 4. The highest BCUT2D eigenvalue weighted by Gasteiger charge is 2.33. The fourth-order valence-electron chi connectivity index (χ4n) is 5.40. The Kier molecular flexibility index (Phi) is 6.21. The molecule has 2 fully saturated rings. The molecule has 0 atom stereocenters. The molecule has 0 saturated carbocycles. The van der Waals surface area contributed by atoms with Crippen molar-refractivity contribution >= 4 is 55.9 Å². The topological polar surface area (TPSA) is 103 Å². The third kappa shape index (κ3) is 4.40. The second-order valence-corrected chi connectivity index (χ2v) is 11.3. The smallest absolute Gasteiger partial charge is 0.243 e. The number of fused-ring (bicyclic) bond motifs is 2. The number of imide groups is 1. The molecular formula is C27H25ClN6O2S. The maximum atomic E-state index is 12.3. The first-order valence-electron chi connectivity index (χ1n) is 12.3. The van der Waals surface area contributed by atoms with E-state index in [1.165, 1.54) is 16.2 Å².